The third-order valence-electron chi connectivity index (χ3n) is 2.92. The number of thioether (sulfide) groups is 1. The lowest BCUT2D eigenvalue weighted by Crippen LogP contribution is -2.25. The molecule has 7 heteroatoms. The number of rotatable bonds is 8. The van der Waals surface area contributed by atoms with Gasteiger partial charge in [0, 0.05) is 12.2 Å². The highest BCUT2D eigenvalue weighted by atomic mass is 32.2. The van der Waals surface area contributed by atoms with Crippen LogP contribution in [0.2, 0.25) is 0 Å². The van der Waals surface area contributed by atoms with Crippen LogP contribution in [0, 0.1) is 0 Å². The number of amides is 1. The molecule has 0 fully saturated rings. The zero-order valence-electron chi connectivity index (χ0n) is 12.8. The molecule has 0 atom stereocenters. The fraction of sp³-hybridized carbons (Fsp3) is 0.400. The second-order valence-electron chi connectivity index (χ2n) is 4.69. The first-order valence-electron chi connectivity index (χ1n) is 7.30. The molecule has 0 saturated carbocycles. The van der Waals surface area contributed by atoms with Gasteiger partial charge in [0.1, 0.15) is 0 Å². The van der Waals surface area contributed by atoms with Gasteiger partial charge in [-0.2, -0.15) is 0 Å². The molecule has 118 valence electrons. The van der Waals surface area contributed by atoms with E-state index < -0.39 is 0 Å². The van der Waals surface area contributed by atoms with Crippen molar-refractivity contribution in [1.29, 1.82) is 0 Å². The Kier molecular flexibility index (Phi) is 6.67. The molecule has 1 aromatic carbocycles. The van der Waals surface area contributed by atoms with Gasteiger partial charge in [-0.3, -0.25) is 4.79 Å². The molecule has 0 radical (unpaired) electrons. The molecule has 1 heterocycles. The largest absolute Gasteiger partial charge is 0.355 e. The van der Waals surface area contributed by atoms with E-state index in [9.17, 15) is 4.79 Å². The molecular formula is C15H20N4OS2. The third kappa shape index (κ3) is 5.31. The Morgan fingerprint density at radius 2 is 2.00 bits per heavy atom. The highest BCUT2D eigenvalue weighted by Gasteiger charge is 2.08. The Bertz CT molecular complexity index is 598. The van der Waals surface area contributed by atoms with E-state index in [1.807, 2.05) is 19.1 Å². The number of nitrogens with zero attached hydrogens (tertiary/aromatic N) is 2. The van der Waals surface area contributed by atoms with Crippen LogP contribution >= 0.6 is 23.1 Å². The molecule has 0 saturated heterocycles. The Hall–Kier alpha value is -1.60. The monoisotopic (exact) mass is 336 g/mol. The van der Waals surface area contributed by atoms with Gasteiger partial charge in [0.15, 0.2) is 4.34 Å². The summed E-state index contributed by atoms with van der Waals surface area (Å²) >= 11 is 2.86. The van der Waals surface area contributed by atoms with Crippen LogP contribution in [0.1, 0.15) is 25.8 Å². The van der Waals surface area contributed by atoms with Gasteiger partial charge in [-0.05, 0) is 30.5 Å². The van der Waals surface area contributed by atoms with Crippen molar-refractivity contribution >= 4 is 39.8 Å². The van der Waals surface area contributed by atoms with Crippen LogP contribution in [0.25, 0.3) is 0 Å². The quantitative estimate of drug-likeness (QED) is 0.723. The van der Waals surface area contributed by atoms with Crippen molar-refractivity contribution in [1.82, 2.24) is 15.5 Å². The summed E-state index contributed by atoms with van der Waals surface area (Å²) in [5.41, 5.74) is 2.29. The number of carbonyl (C=O) groups is 1. The number of benzene rings is 1. The molecule has 5 nitrogen and oxygen atoms in total. The van der Waals surface area contributed by atoms with Gasteiger partial charge in [0.2, 0.25) is 11.0 Å². The zero-order chi connectivity index (χ0) is 15.8. The van der Waals surface area contributed by atoms with Gasteiger partial charge in [-0.25, -0.2) is 0 Å². The topological polar surface area (TPSA) is 66.9 Å². The third-order valence-corrected chi connectivity index (χ3v) is 4.89. The first kappa shape index (κ1) is 16.8. The second-order valence-corrected chi connectivity index (χ2v) is 6.89. The zero-order valence-corrected chi connectivity index (χ0v) is 14.4. The molecular weight excluding hydrogens is 316 g/mol. The van der Waals surface area contributed by atoms with Crippen LogP contribution in [0.4, 0.5) is 10.8 Å². The first-order chi connectivity index (χ1) is 10.7. The van der Waals surface area contributed by atoms with E-state index in [-0.39, 0.29) is 5.91 Å². The van der Waals surface area contributed by atoms with Crippen LogP contribution in [0.5, 0.6) is 0 Å². The van der Waals surface area contributed by atoms with Crippen LogP contribution < -0.4 is 10.6 Å². The van der Waals surface area contributed by atoms with Gasteiger partial charge < -0.3 is 10.6 Å². The van der Waals surface area contributed by atoms with Crippen molar-refractivity contribution in [3.63, 3.8) is 0 Å². The van der Waals surface area contributed by atoms with Crippen LogP contribution in [-0.2, 0) is 11.2 Å². The van der Waals surface area contributed by atoms with Gasteiger partial charge in [0.05, 0.1) is 5.75 Å². The minimum Gasteiger partial charge on any atom is -0.355 e. The SMILES string of the molecule is CCCNC(=O)CSc1nnc(Nc2ccc(CC)cc2)s1. The summed E-state index contributed by atoms with van der Waals surface area (Å²) in [5.74, 6) is 0.409. The summed E-state index contributed by atoms with van der Waals surface area (Å²) in [5, 5.41) is 15.0. The number of aryl methyl sites for hydroxylation is 1. The lowest BCUT2D eigenvalue weighted by molar-refractivity contribution is -0.118. The second kappa shape index (κ2) is 8.75. The van der Waals surface area contributed by atoms with E-state index in [1.165, 1.54) is 28.7 Å². The van der Waals surface area contributed by atoms with Crippen molar-refractivity contribution < 1.29 is 4.79 Å². The summed E-state index contributed by atoms with van der Waals surface area (Å²) in [4.78, 5) is 11.5. The highest BCUT2D eigenvalue weighted by molar-refractivity contribution is 8.01. The summed E-state index contributed by atoms with van der Waals surface area (Å²) in [6.07, 6.45) is 1.97. The molecule has 0 unspecified atom stereocenters. The number of hydrogen-bond acceptors (Lipinski definition) is 6. The molecule has 22 heavy (non-hydrogen) atoms. The van der Waals surface area contributed by atoms with Crippen LogP contribution in [0.3, 0.4) is 0 Å². The predicted octanol–water partition coefficient (Wildman–Crippen LogP) is 3.46. The molecule has 0 aliphatic carbocycles. The van der Waals surface area contributed by atoms with Crippen molar-refractivity contribution in [3.05, 3.63) is 29.8 Å². The fourth-order valence-electron chi connectivity index (χ4n) is 1.71. The Balaban J connectivity index is 1.84. The fourth-order valence-corrected chi connectivity index (χ4v) is 3.31. The van der Waals surface area contributed by atoms with E-state index in [0.717, 1.165) is 34.5 Å². The Labute approximate surface area is 138 Å². The maximum absolute atomic E-state index is 11.5. The summed E-state index contributed by atoms with van der Waals surface area (Å²) in [6.45, 7) is 4.88. The molecule has 0 aliphatic rings. The molecule has 0 aliphatic heterocycles. The molecule has 2 aromatic rings. The molecule has 0 bridgehead atoms. The maximum Gasteiger partial charge on any atom is 0.230 e. The number of hydrogen-bond donors (Lipinski definition) is 2. The first-order valence-corrected chi connectivity index (χ1v) is 9.10. The molecule has 1 aromatic heterocycles. The number of aromatic nitrogens is 2. The van der Waals surface area contributed by atoms with E-state index >= 15 is 0 Å². The van der Waals surface area contributed by atoms with Gasteiger partial charge in [0.25, 0.3) is 0 Å². The molecule has 1 amide bonds. The lowest BCUT2D eigenvalue weighted by atomic mass is 10.1. The van der Waals surface area contributed by atoms with E-state index in [0.29, 0.717) is 5.75 Å². The number of nitrogens with one attached hydrogen (secondary N) is 2. The van der Waals surface area contributed by atoms with E-state index in [2.05, 4.69) is 39.9 Å². The highest BCUT2D eigenvalue weighted by Crippen LogP contribution is 2.27. The van der Waals surface area contributed by atoms with Crippen molar-refractivity contribution in [2.75, 3.05) is 17.6 Å². The van der Waals surface area contributed by atoms with Crippen molar-refractivity contribution in [2.45, 2.75) is 31.0 Å². The summed E-state index contributed by atoms with van der Waals surface area (Å²) in [6, 6.07) is 8.25. The summed E-state index contributed by atoms with van der Waals surface area (Å²) in [7, 11) is 0. The normalized spacial score (nSPS) is 10.5. The lowest BCUT2D eigenvalue weighted by Gasteiger charge is -2.02. The van der Waals surface area contributed by atoms with Crippen molar-refractivity contribution in [2.24, 2.45) is 0 Å². The average Bonchev–Trinajstić information content (AvgIpc) is 2.99. The molecule has 2 rings (SSSR count). The van der Waals surface area contributed by atoms with Gasteiger partial charge >= 0.3 is 0 Å². The van der Waals surface area contributed by atoms with Crippen molar-refractivity contribution in [3.8, 4) is 0 Å². The number of carbonyl (C=O) groups excluding carboxylic acids is 1. The molecule has 2 N–H and O–H groups in total. The number of anilines is 2. The summed E-state index contributed by atoms with van der Waals surface area (Å²) < 4.78 is 0.791. The van der Waals surface area contributed by atoms with Crippen LogP contribution in [0.15, 0.2) is 28.6 Å². The maximum atomic E-state index is 11.5. The predicted molar refractivity (Wildman–Crippen MR) is 93.0 cm³/mol. The Morgan fingerprint density at radius 3 is 2.68 bits per heavy atom. The average molecular weight is 336 g/mol. The minimum atomic E-state index is 0.0340. The molecule has 0 spiro atoms. The smallest absolute Gasteiger partial charge is 0.230 e. The van der Waals surface area contributed by atoms with E-state index in [1.54, 1.807) is 0 Å². The Morgan fingerprint density at radius 1 is 1.23 bits per heavy atom. The van der Waals surface area contributed by atoms with Gasteiger partial charge in [-0.15, -0.1) is 10.2 Å². The minimum absolute atomic E-state index is 0.0340. The van der Waals surface area contributed by atoms with Crippen LogP contribution in [-0.4, -0.2) is 28.4 Å². The van der Waals surface area contributed by atoms with Gasteiger partial charge in [-0.1, -0.05) is 49.1 Å². The standard InChI is InChI=1S/C15H20N4OS2/c1-3-9-16-13(20)10-21-15-19-18-14(22-15)17-12-7-5-11(4-2)6-8-12/h5-8H,3-4,9-10H2,1-2H3,(H,16,20)(H,17,18). The van der Waals surface area contributed by atoms with E-state index in [4.69, 9.17) is 0 Å².